The molecule has 35 heavy (non-hydrogen) atoms. The van der Waals surface area contributed by atoms with Crippen LogP contribution in [-0.4, -0.2) is 39.5 Å². The molecule has 0 bridgehead atoms. The Bertz CT molecular complexity index is 858. The van der Waals surface area contributed by atoms with Gasteiger partial charge in [-0.2, -0.15) is 0 Å². The Kier molecular flexibility index (Phi) is 15.6. The second-order valence-corrected chi connectivity index (χ2v) is 23.5. The Labute approximate surface area is 235 Å². The van der Waals surface area contributed by atoms with Gasteiger partial charge in [0.25, 0.3) is 0 Å². The summed E-state index contributed by atoms with van der Waals surface area (Å²) in [4.78, 5) is 0. The quantitative estimate of drug-likeness (QED) is 0.174. The van der Waals surface area contributed by atoms with Gasteiger partial charge in [-0.25, -0.2) is 0 Å². The first kappa shape index (κ1) is 30.1. The zero-order chi connectivity index (χ0) is 23.8. The summed E-state index contributed by atoms with van der Waals surface area (Å²) in [6.07, 6.45) is 5.37. The van der Waals surface area contributed by atoms with Crippen molar-refractivity contribution in [2.24, 2.45) is 0 Å². The van der Waals surface area contributed by atoms with E-state index in [1.54, 1.807) is 14.3 Å². The Balaban J connectivity index is 0.000000240. The van der Waals surface area contributed by atoms with Gasteiger partial charge < -0.3 is 13.5 Å². The molecule has 4 aromatic rings. The SMILES string of the molecule is CCC[CH2][Sn+]([c]1ccccc1)[c]1ccccc1.CCC[CH2][Sn+]([c]1ccccc1)[c]1ccccc1.[S-2]. The van der Waals surface area contributed by atoms with Gasteiger partial charge in [-0.05, 0) is 0 Å². The van der Waals surface area contributed by atoms with E-state index in [1.807, 2.05) is 0 Å². The van der Waals surface area contributed by atoms with Crippen LogP contribution in [0.2, 0.25) is 8.87 Å². The third kappa shape index (κ3) is 10.4. The van der Waals surface area contributed by atoms with Crippen molar-refractivity contribution in [3.63, 3.8) is 0 Å². The van der Waals surface area contributed by atoms with E-state index in [1.165, 1.54) is 34.6 Å². The van der Waals surface area contributed by atoms with Gasteiger partial charge in [0, 0.05) is 0 Å². The fraction of sp³-hybridized carbons (Fsp3) is 0.250. The van der Waals surface area contributed by atoms with Gasteiger partial charge in [0.05, 0.1) is 0 Å². The second kappa shape index (κ2) is 18.1. The molecule has 0 aliphatic rings. The maximum atomic E-state index is 2.33. The first-order valence-electron chi connectivity index (χ1n) is 12.8. The van der Waals surface area contributed by atoms with Crippen LogP contribution in [0, 0.1) is 0 Å². The predicted octanol–water partition coefficient (Wildman–Crippen LogP) is 6.19. The minimum Gasteiger partial charge on any atom is -2.00 e. The summed E-state index contributed by atoms with van der Waals surface area (Å²) < 4.78 is 9.41. The molecule has 0 radical (unpaired) electrons. The van der Waals surface area contributed by atoms with Crippen LogP contribution in [0.4, 0.5) is 0 Å². The molecule has 0 saturated heterocycles. The zero-order valence-corrected chi connectivity index (χ0v) is 27.7. The summed E-state index contributed by atoms with van der Waals surface area (Å²) in [5, 5.41) is 0. The van der Waals surface area contributed by atoms with Crippen molar-refractivity contribution in [2.45, 2.75) is 48.4 Å². The number of rotatable bonds is 10. The average molecular weight is 692 g/mol. The van der Waals surface area contributed by atoms with Gasteiger partial charge >= 0.3 is 224 Å². The van der Waals surface area contributed by atoms with E-state index in [2.05, 4.69) is 135 Å². The van der Waals surface area contributed by atoms with E-state index >= 15 is 0 Å². The van der Waals surface area contributed by atoms with Crippen LogP contribution >= 0.6 is 0 Å². The molecule has 0 aromatic heterocycles. The third-order valence-corrected chi connectivity index (χ3v) is 22.7. The first-order chi connectivity index (χ1) is 16.8. The summed E-state index contributed by atoms with van der Waals surface area (Å²) in [6.45, 7) is 4.58. The number of hydrogen-bond acceptors (Lipinski definition) is 0. The maximum Gasteiger partial charge on any atom is -2.00 e. The number of benzene rings is 4. The van der Waals surface area contributed by atoms with E-state index < -0.39 is 39.5 Å². The molecule has 3 heteroatoms. The second-order valence-electron chi connectivity index (χ2n) is 8.63. The standard InChI is InChI=1S/4C6H5.2C4H9.S.2Sn/c4*1-2-4-6-5-3-1;2*1-3-4-2;;;/h4*1-5H;2*1,3-4H2,2H3;;;/q;;;;;;-2;2*+1. The average Bonchev–Trinajstić information content (AvgIpc) is 2.92. The first-order valence-corrected chi connectivity index (χ1v) is 22.5. The Hall–Kier alpha value is -1.17. The van der Waals surface area contributed by atoms with Gasteiger partial charge in [-0.3, -0.25) is 0 Å². The Morgan fingerprint density at radius 2 is 0.629 bits per heavy atom. The van der Waals surface area contributed by atoms with Crippen molar-refractivity contribution >= 4 is 67.3 Å². The maximum absolute atomic E-state index is 2.33. The molecule has 0 fully saturated rings. The molecule has 0 heterocycles. The summed E-state index contributed by atoms with van der Waals surface area (Å²) >= 11 is -3.20. The predicted molar refractivity (Wildman–Crippen MR) is 163 cm³/mol. The minimum absolute atomic E-state index is 0. The molecule has 4 rings (SSSR count). The topological polar surface area (TPSA) is 0 Å². The largest absolute Gasteiger partial charge is 2.00 e. The summed E-state index contributed by atoms with van der Waals surface area (Å²) in [6, 6.07) is 44.6. The van der Waals surface area contributed by atoms with Crippen LogP contribution in [0.5, 0.6) is 0 Å². The molecule has 0 aliphatic carbocycles. The van der Waals surface area contributed by atoms with Crippen LogP contribution in [0.25, 0.3) is 0 Å². The van der Waals surface area contributed by atoms with Gasteiger partial charge in [-0.1, -0.05) is 0 Å². The molecular formula is C32H38SSn2. The monoisotopic (exact) mass is 694 g/mol. The van der Waals surface area contributed by atoms with Gasteiger partial charge in [-0.15, -0.1) is 0 Å². The zero-order valence-electron chi connectivity index (χ0n) is 21.2. The molecule has 0 nitrogen and oxygen atoms in total. The van der Waals surface area contributed by atoms with E-state index in [9.17, 15) is 0 Å². The van der Waals surface area contributed by atoms with E-state index in [4.69, 9.17) is 0 Å². The fourth-order valence-corrected chi connectivity index (χ4v) is 20.2. The molecule has 180 valence electrons. The van der Waals surface area contributed by atoms with Crippen molar-refractivity contribution in [1.29, 1.82) is 0 Å². The molecular weight excluding hydrogens is 654 g/mol. The van der Waals surface area contributed by atoms with Crippen LogP contribution in [0.15, 0.2) is 121 Å². The summed E-state index contributed by atoms with van der Waals surface area (Å²) in [5.74, 6) is 0. The van der Waals surface area contributed by atoms with Crippen molar-refractivity contribution in [3.8, 4) is 0 Å². The van der Waals surface area contributed by atoms with Crippen LogP contribution < -0.4 is 14.3 Å². The normalized spacial score (nSPS) is 9.89. The molecule has 0 unspecified atom stereocenters. The smallest absolute Gasteiger partial charge is 2.00 e. The molecule has 0 saturated carbocycles. The number of hydrogen-bond donors (Lipinski definition) is 0. The van der Waals surface area contributed by atoms with E-state index in [0.717, 1.165) is 0 Å². The van der Waals surface area contributed by atoms with Crippen LogP contribution in [0.1, 0.15) is 39.5 Å². The van der Waals surface area contributed by atoms with Crippen molar-refractivity contribution in [1.82, 2.24) is 0 Å². The number of unbranched alkanes of at least 4 members (excludes halogenated alkanes) is 2. The van der Waals surface area contributed by atoms with Gasteiger partial charge in [0.2, 0.25) is 0 Å². The Morgan fingerprint density at radius 3 is 0.829 bits per heavy atom. The fourth-order valence-electron chi connectivity index (χ4n) is 4.18. The molecule has 0 atom stereocenters. The summed E-state index contributed by atoms with van der Waals surface area (Å²) in [7, 11) is 0. The molecule has 0 amide bonds. The van der Waals surface area contributed by atoms with Crippen molar-refractivity contribution < 1.29 is 0 Å². The van der Waals surface area contributed by atoms with Crippen LogP contribution in [0.3, 0.4) is 0 Å². The third-order valence-electron chi connectivity index (χ3n) is 6.05. The van der Waals surface area contributed by atoms with Crippen LogP contribution in [-0.2, 0) is 13.5 Å². The van der Waals surface area contributed by atoms with Crippen molar-refractivity contribution in [2.75, 3.05) is 0 Å². The molecule has 0 N–H and O–H groups in total. The summed E-state index contributed by atoms with van der Waals surface area (Å²) in [5.41, 5.74) is 0. The molecule has 4 aromatic carbocycles. The Morgan fingerprint density at radius 1 is 0.400 bits per heavy atom. The minimum atomic E-state index is -1.60. The van der Waals surface area contributed by atoms with E-state index in [0.29, 0.717) is 0 Å². The molecule has 0 aliphatic heterocycles. The van der Waals surface area contributed by atoms with Gasteiger partial charge in [0.1, 0.15) is 0 Å². The van der Waals surface area contributed by atoms with Crippen molar-refractivity contribution in [3.05, 3.63) is 121 Å². The van der Waals surface area contributed by atoms with Gasteiger partial charge in [0.15, 0.2) is 0 Å². The van der Waals surface area contributed by atoms with E-state index in [-0.39, 0.29) is 13.5 Å². The molecule has 0 spiro atoms.